The highest BCUT2D eigenvalue weighted by Crippen LogP contribution is 2.43. The zero-order chi connectivity index (χ0) is 39.6. The van der Waals surface area contributed by atoms with Crippen LogP contribution in [0.5, 0.6) is 0 Å². The molecule has 0 amide bonds. The van der Waals surface area contributed by atoms with Crippen LogP contribution in [0.3, 0.4) is 0 Å². The lowest BCUT2D eigenvalue weighted by Crippen LogP contribution is -2.29. The topological polar surface area (TPSA) is 108 Å². The smallest absolute Gasteiger partial charge is 0.462 e. The van der Waals surface area contributed by atoms with Crippen LogP contribution in [0, 0.1) is 0 Å². The normalized spacial score (nSPS) is 14.4. The molecule has 9 heteroatoms. The van der Waals surface area contributed by atoms with E-state index in [1.165, 1.54) is 0 Å². The first-order valence-electron chi connectivity index (χ1n) is 20.5. The molecule has 2 atom stereocenters. The summed E-state index contributed by atoms with van der Waals surface area (Å²) < 4.78 is 32.6. The average Bonchev–Trinajstić information content (AvgIpc) is 3.15. The summed E-state index contributed by atoms with van der Waals surface area (Å²) in [5.74, 6) is -0.867. The lowest BCUT2D eigenvalue weighted by molar-refractivity contribution is -0.161. The van der Waals surface area contributed by atoms with E-state index in [-0.39, 0.29) is 26.1 Å². The van der Waals surface area contributed by atoms with Gasteiger partial charge >= 0.3 is 19.8 Å². The summed E-state index contributed by atoms with van der Waals surface area (Å²) in [6, 6.07) is 0. The van der Waals surface area contributed by atoms with Crippen molar-refractivity contribution in [2.24, 2.45) is 0 Å². The predicted molar refractivity (Wildman–Crippen MR) is 225 cm³/mol. The molecule has 0 rings (SSSR count). The summed E-state index contributed by atoms with van der Waals surface area (Å²) in [5.41, 5.74) is 0. The van der Waals surface area contributed by atoms with E-state index in [1.807, 2.05) is 0 Å². The quantitative estimate of drug-likeness (QED) is 0.0290. The van der Waals surface area contributed by atoms with Gasteiger partial charge in [-0.25, -0.2) is 4.57 Å². The van der Waals surface area contributed by atoms with Crippen molar-refractivity contribution in [3.8, 4) is 0 Å². The van der Waals surface area contributed by atoms with Gasteiger partial charge in [0.2, 0.25) is 0 Å². The van der Waals surface area contributed by atoms with Gasteiger partial charge in [0.05, 0.1) is 13.2 Å². The van der Waals surface area contributed by atoms with Crippen molar-refractivity contribution < 1.29 is 37.6 Å². The largest absolute Gasteiger partial charge is 0.472 e. The number of carbonyl (C=O) groups excluding carboxylic acids is 2. The molecule has 0 heterocycles. The number of allylic oxidation sites excluding steroid dienone is 16. The van der Waals surface area contributed by atoms with Crippen LogP contribution in [0.25, 0.3) is 0 Å². The molecule has 1 N–H and O–H groups in total. The lowest BCUT2D eigenvalue weighted by atomic mass is 10.1. The van der Waals surface area contributed by atoms with Gasteiger partial charge in [0, 0.05) is 12.8 Å². The van der Waals surface area contributed by atoms with Gasteiger partial charge in [-0.2, -0.15) is 0 Å². The zero-order valence-electron chi connectivity index (χ0n) is 33.8. The number of esters is 2. The number of unbranched alkanes of at least 4 members (excludes halogenated alkanes) is 8. The summed E-state index contributed by atoms with van der Waals surface area (Å²) in [6.45, 7) is 5.16. The molecule has 54 heavy (non-hydrogen) atoms. The number of phosphoric ester groups is 1. The van der Waals surface area contributed by atoms with Gasteiger partial charge in [-0.3, -0.25) is 18.6 Å². The maximum absolute atomic E-state index is 12.5. The summed E-state index contributed by atoms with van der Waals surface area (Å²) in [7, 11) is -4.30. The monoisotopic (exact) mass is 773 g/mol. The van der Waals surface area contributed by atoms with Crippen molar-refractivity contribution in [3.05, 3.63) is 97.2 Å². The van der Waals surface area contributed by atoms with Crippen LogP contribution in [0.2, 0.25) is 0 Å². The zero-order valence-corrected chi connectivity index (χ0v) is 34.7. The highest BCUT2D eigenvalue weighted by molar-refractivity contribution is 7.47. The van der Waals surface area contributed by atoms with Crippen LogP contribution in [-0.4, -0.2) is 42.8 Å². The minimum atomic E-state index is -4.30. The molecule has 0 saturated carbocycles. The highest BCUT2D eigenvalue weighted by Gasteiger charge is 2.25. The van der Waals surface area contributed by atoms with Crippen molar-refractivity contribution in [2.75, 3.05) is 19.8 Å². The van der Waals surface area contributed by atoms with E-state index in [0.717, 1.165) is 103 Å². The lowest BCUT2D eigenvalue weighted by Gasteiger charge is -2.19. The molecule has 0 aromatic heterocycles. The van der Waals surface area contributed by atoms with Crippen LogP contribution >= 0.6 is 7.82 Å². The second kappa shape index (κ2) is 39.7. The molecule has 0 fully saturated rings. The predicted octanol–water partition coefficient (Wildman–Crippen LogP) is 12.9. The minimum Gasteiger partial charge on any atom is -0.462 e. The number of hydrogen-bond donors (Lipinski definition) is 1. The molecule has 8 nitrogen and oxygen atoms in total. The van der Waals surface area contributed by atoms with E-state index < -0.39 is 32.5 Å². The number of ether oxygens (including phenoxy) is 2. The second-order valence-electron chi connectivity index (χ2n) is 12.9. The highest BCUT2D eigenvalue weighted by atomic mass is 31.2. The van der Waals surface area contributed by atoms with Crippen molar-refractivity contribution in [1.82, 2.24) is 0 Å². The van der Waals surface area contributed by atoms with E-state index in [0.29, 0.717) is 12.8 Å². The Morgan fingerprint density at radius 3 is 1.35 bits per heavy atom. The molecule has 0 aliphatic carbocycles. The fraction of sp³-hybridized carbons (Fsp3) is 0.600. The summed E-state index contributed by atoms with van der Waals surface area (Å²) in [6.07, 6.45) is 51.7. The fourth-order valence-corrected chi connectivity index (χ4v) is 5.72. The Morgan fingerprint density at radius 1 is 0.500 bits per heavy atom. The molecule has 2 unspecified atom stereocenters. The van der Waals surface area contributed by atoms with Crippen molar-refractivity contribution in [2.45, 2.75) is 155 Å². The third-order valence-corrected chi connectivity index (χ3v) is 8.95. The maximum Gasteiger partial charge on any atom is 0.472 e. The minimum absolute atomic E-state index is 0.0153. The van der Waals surface area contributed by atoms with Gasteiger partial charge in [-0.1, -0.05) is 137 Å². The molecule has 0 spiro atoms. The van der Waals surface area contributed by atoms with E-state index in [9.17, 15) is 19.0 Å². The molecular formula is C45H73O8P. The van der Waals surface area contributed by atoms with Gasteiger partial charge in [-0.15, -0.1) is 0 Å². The Balaban J connectivity index is 4.24. The number of rotatable bonds is 36. The Labute approximate surface area is 328 Å². The third kappa shape index (κ3) is 38.7. The van der Waals surface area contributed by atoms with Crippen LogP contribution in [0.4, 0.5) is 0 Å². The van der Waals surface area contributed by atoms with Gasteiger partial charge in [0.25, 0.3) is 0 Å². The van der Waals surface area contributed by atoms with Crippen molar-refractivity contribution in [3.63, 3.8) is 0 Å². The molecule has 0 bridgehead atoms. The Bertz CT molecular complexity index is 1190. The molecule has 0 aromatic rings. The number of hydrogen-bond acceptors (Lipinski definition) is 7. The molecule has 306 valence electrons. The van der Waals surface area contributed by atoms with Crippen LogP contribution in [0.1, 0.15) is 149 Å². The first-order chi connectivity index (χ1) is 26.3. The fourth-order valence-electron chi connectivity index (χ4n) is 4.96. The van der Waals surface area contributed by atoms with Crippen molar-refractivity contribution in [1.29, 1.82) is 0 Å². The Kier molecular flexibility index (Phi) is 37.4. The van der Waals surface area contributed by atoms with Crippen molar-refractivity contribution >= 4 is 19.8 Å². The molecular weight excluding hydrogens is 699 g/mol. The molecule has 0 saturated heterocycles. The first kappa shape index (κ1) is 51.0. The number of carbonyl (C=O) groups is 2. The SMILES string of the molecule is CC/C=C\C/C=C\C/C=C\C/C=C\C/C=C\CCCCCC(=O)OC(COC(=O)CCCCCCC/C=C\C/C=C\C/C=C\CC)COP(=O)(O)OCC. The first-order valence-corrected chi connectivity index (χ1v) is 22.0. The maximum atomic E-state index is 12.5. The number of phosphoric acid groups is 1. The van der Waals surface area contributed by atoms with Gasteiger partial charge in [-0.05, 0) is 96.8 Å². The standard InChI is InChI=1S/C45H73O8P/c1-4-7-9-11-13-15-17-19-21-22-23-24-26-28-30-32-34-36-38-40-45(47)53-43(42-52-54(48,49)51-6-3)41-50-44(46)39-37-35-33-31-29-27-25-20-18-16-14-12-10-8-5-2/h7-10,13-16,19-21,23-25,28,30,43H,4-6,11-12,17-18,22,26-27,29,31-42H2,1-3H3,(H,48,49)/b9-7-,10-8-,15-13-,16-14-,21-19-,24-23-,25-20-,30-28-. The average molecular weight is 773 g/mol. The molecule has 0 aromatic carbocycles. The van der Waals surface area contributed by atoms with E-state index in [1.54, 1.807) is 6.92 Å². The Morgan fingerprint density at radius 2 is 0.889 bits per heavy atom. The van der Waals surface area contributed by atoms with Gasteiger partial charge < -0.3 is 14.4 Å². The van der Waals surface area contributed by atoms with Crippen LogP contribution in [0.15, 0.2) is 97.2 Å². The van der Waals surface area contributed by atoms with Crippen LogP contribution in [-0.2, 0) is 32.7 Å². The summed E-state index contributed by atoms with van der Waals surface area (Å²) in [5, 5.41) is 0. The van der Waals surface area contributed by atoms with Gasteiger partial charge in [0.15, 0.2) is 6.10 Å². The third-order valence-electron chi connectivity index (χ3n) is 7.89. The Hall–Kier alpha value is -3.03. The second-order valence-corrected chi connectivity index (χ2v) is 14.3. The van der Waals surface area contributed by atoms with E-state index >= 15 is 0 Å². The molecule has 0 radical (unpaired) electrons. The van der Waals surface area contributed by atoms with E-state index in [4.69, 9.17) is 18.5 Å². The summed E-state index contributed by atoms with van der Waals surface area (Å²) >= 11 is 0. The van der Waals surface area contributed by atoms with Crippen LogP contribution < -0.4 is 0 Å². The van der Waals surface area contributed by atoms with E-state index in [2.05, 4.69) is 111 Å². The van der Waals surface area contributed by atoms with Gasteiger partial charge in [0.1, 0.15) is 6.61 Å². The summed E-state index contributed by atoms with van der Waals surface area (Å²) in [4.78, 5) is 34.7. The molecule has 0 aliphatic heterocycles. The molecule has 0 aliphatic rings.